The lowest BCUT2D eigenvalue weighted by Gasteiger charge is -2.15. The highest BCUT2D eigenvalue weighted by Gasteiger charge is 2.17. The van der Waals surface area contributed by atoms with Gasteiger partial charge in [0.25, 0.3) is 0 Å². The first-order chi connectivity index (χ1) is 28.7. The number of aromatic nitrogens is 3. The van der Waals surface area contributed by atoms with Gasteiger partial charge in [-0.3, -0.25) is 0 Å². The summed E-state index contributed by atoms with van der Waals surface area (Å²) >= 11 is 0. The van der Waals surface area contributed by atoms with Crippen LogP contribution < -0.4 is 0 Å². The molecule has 0 bridgehead atoms. The maximum absolute atomic E-state index is 5.15. The van der Waals surface area contributed by atoms with Crippen molar-refractivity contribution in [2.45, 2.75) is 0 Å². The van der Waals surface area contributed by atoms with Crippen LogP contribution in [0, 0.1) is 0 Å². The van der Waals surface area contributed by atoms with Gasteiger partial charge in [-0.1, -0.05) is 200 Å². The van der Waals surface area contributed by atoms with Crippen LogP contribution in [0.2, 0.25) is 0 Å². The Hall–Kier alpha value is -7.75. The molecule has 0 atom stereocenters. The lowest BCUT2D eigenvalue weighted by molar-refractivity contribution is 1.08. The number of fused-ring (bicyclic) bond motifs is 5. The number of nitrogens with zero attached hydrogens (tertiary/aromatic N) is 3. The minimum absolute atomic E-state index is 0.640. The fraction of sp³-hybridized carbons (Fsp3) is 0. The SMILES string of the molecule is c1ccc(-c2ccc(-c3nc(-c4ccccc4)nc(-c4ccc(-c5ccc(-c6c7ccccc7cc7c6ccc6ccccc67)cc5)c5ccccc45)n3)cc2)cc1. The zero-order valence-electron chi connectivity index (χ0n) is 31.5. The molecule has 0 spiro atoms. The van der Waals surface area contributed by atoms with E-state index in [1.165, 1.54) is 49.0 Å². The highest BCUT2D eigenvalue weighted by Crippen LogP contribution is 2.41. The second-order valence-corrected chi connectivity index (χ2v) is 14.8. The van der Waals surface area contributed by atoms with Crippen LogP contribution in [0.1, 0.15) is 0 Å². The van der Waals surface area contributed by atoms with Gasteiger partial charge in [0, 0.05) is 16.7 Å². The smallest absolute Gasteiger partial charge is 0.164 e. The summed E-state index contributed by atoms with van der Waals surface area (Å²) in [6.07, 6.45) is 0. The lowest BCUT2D eigenvalue weighted by atomic mass is 9.88. The van der Waals surface area contributed by atoms with Gasteiger partial charge in [-0.2, -0.15) is 0 Å². The summed E-state index contributed by atoms with van der Waals surface area (Å²) in [4.78, 5) is 15.3. The molecule has 11 aromatic rings. The fourth-order valence-corrected chi connectivity index (χ4v) is 8.48. The van der Waals surface area contributed by atoms with Crippen LogP contribution in [-0.4, -0.2) is 15.0 Å². The molecule has 0 aliphatic heterocycles. The predicted octanol–water partition coefficient (Wildman–Crippen LogP) is 14.5. The summed E-state index contributed by atoms with van der Waals surface area (Å²) in [7, 11) is 0. The van der Waals surface area contributed by atoms with E-state index in [1.807, 2.05) is 24.3 Å². The molecule has 0 aliphatic rings. The highest BCUT2D eigenvalue weighted by molar-refractivity contribution is 6.20. The second-order valence-electron chi connectivity index (χ2n) is 14.8. The molecule has 3 heteroatoms. The van der Waals surface area contributed by atoms with Gasteiger partial charge in [0.1, 0.15) is 0 Å². The van der Waals surface area contributed by atoms with Crippen molar-refractivity contribution in [3.05, 3.63) is 212 Å². The Labute approximate surface area is 336 Å². The van der Waals surface area contributed by atoms with Crippen molar-refractivity contribution in [2.75, 3.05) is 0 Å². The molecule has 3 nitrogen and oxygen atoms in total. The molecule has 1 heterocycles. The number of rotatable bonds is 6. The highest BCUT2D eigenvalue weighted by atomic mass is 15.0. The van der Waals surface area contributed by atoms with E-state index < -0.39 is 0 Å². The van der Waals surface area contributed by atoms with Crippen molar-refractivity contribution >= 4 is 43.1 Å². The summed E-state index contributed by atoms with van der Waals surface area (Å²) in [5.74, 6) is 1.93. The van der Waals surface area contributed by atoms with E-state index in [-0.39, 0.29) is 0 Å². The van der Waals surface area contributed by atoms with Crippen LogP contribution in [0.4, 0.5) is 0 Å². The summed E-state index contributed by atoms with van der Waals surface area (Å²) in [6.45, 7) is 0. The molecule has 0 saturated heterocycles. The maximum Gasteiger partial charge on any atom is 0.164 e. The van der Waals surface area contributed by atoms with Crippen molar-refractivity contribution in [3.63, 3.8) is 0 Å². The topological polar surface area (TPSA) is 38.7 Å². The van der Waals surface area contributed by atoms with Gasteiger partial charge >= 0.3 is 0 Å². The fourth-order valence-electron chi connectivity index (χ4n) is 8.48. The zero-order valence-corrected chi connectivity index (χ0v) is 31.5. The standard InChI is InChI=1S/C55H35N3/c1-3-13-36(14-4-1)37-23-29-42(30-24-37)54-56-53(41-16-5-2-6-17-41)57-55(58-54)50-34-33-45(47-21-11-12-22-48(47)50)39-25-27-40(28-26-39)52-46-20-10-8-18-43(46)35-51-44-19-9-7-15-38(44)31-32-49(51)52/h1-35H. The van der Waals surface area contributed by atoms with Crippen LogP contribution in [0.25, 0.3) is 111 Å². The molecule has 0 N–H and O–H groups in total. The van der Waals surface area contributed by atoms with Crippen molar-refractivity contribution in [2.24, 2.45) is 0 Å². The average molecular weight is 738 g/mol. The maximum atomic E-state index is 5.15. The van der Waals surface area contributed by atoms with E-state index in [9.17, 15) is 0 Å². The number of hydrogen-bond acceptors (Lipinski definition) is 3. The lowest BCUT2D eigenvalue weighted by Crippen LogP contribution is -2.00. The van der Waals surface area contributed by atoms with Gasteiger partial charge in [0.15, 0.2) is 17.5 Å². The Morgan fingerprint density at radius 2 is 0.690 bits per heavy atom. The minimum Gasteiger partial charge on any atom is -0.208 e. The average Bonchev–Trinajstić information content (AvgIpc) is 3.31. The van der Waals surface area contributed by atoms with Crippen LogP contribution in [0.15, 0.2) is 212 Å². The molecule has 0 unspecified atom stereocenters. The van der Waals surface area contributed by atoms with Crippen molar-refractivity contribution in [1.82, 2.24) is 15.0 Å². The van der Waals surface area contributed by atoms with E-state index in [0.29, 0.717) is 17.5 Å². The molecule has 0 amide bonds. The van der Waals surface area contributed by atoms with E-state index in [4.69, 9.17) is 15.0 Å². The van der Waals surface area contributed by atoms with Gasteiger partial charge < -0.3 is 0 Å². The number of benzene rings is 10. The van der Waals surface area contributed by atoms with Crippen LogP contribution in [0.3, 0.4) is 0 Å². The Kier molecular flexibility index (Phi) is 8.15. The molecule has 10 aromatic carbocycles. The van der Waals surface area contributed by atoms with Gasteiger partial charge in [0.05, 0.1) is 0 Å². The third-order valence-electron chi connectivity index (χ3n) is 11.3. The summed E-state index contributed by atoms with van der Waals surface area (Å²) in [5.41, 5.74) is 9.95. The third kappa shape index (κ3) is 5.89. The third-order valence-corrected chi connectivity index (χ3v) is 11.3. The van der Waals surface area contributed by atoms with E-state index in [0.717, 1.165) is 44.2 Å². The molecule has 0 radical (unpaired) electrons. The molecule has 0 fully saturated rings. The summed E-state index contributed by atoms with van der Waals surface area (Å²) in [6, 6.07) is 75.4. The van der Waals surface area contributed by atoms with Crippen LogP contribution in [0.5, 0.6) is 0 Å². The van der Waals surface area contributed by atoms with E-state index in [2.05, 4.69) is 188 Å². The Morgan fingerprint density at radius 1 is 0.224 bits per heavy atom. The second kappa shape index (κ2) is 14.1. The molecule has 0 saturated carbocycles. The summed E-state index contributed by atoms with van der Waals surface area (Å²) in [5, 5.41) is 9.80. The summed E-state index contributed by atoms with van der Waals surface area (Å²) < 4.78 is 0. The van der Waals surface area contributed by atoms with Crippen molar-refractivity contribution in [3.8, 4) is 67.5 Å². The molecular weight excluding hydrogens is 703 g/mol. The largest absolute Gasteiger partial charge is 0.208 e. The number of hydrogen-bond donors (Lipinski definition) is 0. The first-order valence-electron chi connectivity index (χ1n) is 19.7. The van der Waals surface area contributed by atoms with Gasteiger partial charge in [-0.25, -0.2) is 15.0 Å². The van der Waals surface area contributed by atoms with E-state index in [1.54, 1.807) is 0 Å². The predicted molar refractivity (Wildman–Crippen MR) is 242 cm³/mol. The molecular formula is C55H35N3. The Bertz CT molecular complexity index is 3300. The van der Waals surface area contributed by atoms with Gasteiger partial charge in [0.2, 0.25) is 0 Å². The molecule has 270 valence electrons. The molecule has 1 aromatic heterocycles. The molecule has 0 aliphatic carbocycles. The van der Waals surface area contributed by atoms with Crippen molar-refractivity contribution < 1.29 is 0 Å². The minimum atomic E-state index is 0.640. The zero-order chi connectivity index (χ0) is 38.4. The normalized spacial score (nSPS) is 11.4. The first kappa shape index (κ1) is 33.6. The first-order valence-corrected chi connectivity index (χ1v) is 19.7. The van der Waals surface area contributed by atoms with Crippen LogP contribution >= 0.6 is 0 Å². The molecule has 58 heavy (non-hydrogen) atoms. The Morgan fingerprint density at radius 3 is 1.40 bits per heavy atom. The van der Waals surface area contributed by atoms with Gasteiger partial charge in [-0.05, 0) is 88.6 Å². The van der Waals surface area contributed by atoms with E-state index >= 15 is 0 Å². The molecule has 11 rings (SSSR count). The van der Waals surface area contributed by atoms with Gasteiger partial charge in [-0.15, -0.1) is 0 Å². The van der Waals surface area contributed by atoms with Crippen LogP contribution in [-0.2, 0) is 0 Å². The monoisotopic (exact) mass is 737 g/mol. The Balaban J connectivity index is 1.02. The van der Waals surface area contributed by atoms with Crippen molar-refractivity contribution in [1.29, 1.82) is 0 Å². The quantitative estimate of drug-likeness (QED) is 0.126.